The molecule has 2 amide bonds. The highest BCUT2D eigenvalue weighted by atomic mass is 16.5. The smallest absolute Gasteiger partial charge is 0.265 e. The summed E-state index contributed by atoms with van der Waals surface area (Å²) in [6.45, 7) is 5.59. The van der Waals surface area contributed by atoms with E-state index in [0.717, 1.165) is 16.9 Å². The Morgan fingerprint density at radius 3 is 2.29 bits per heavy atom. The Labute approximate surface area is 142 Å². The molecule has 0 saturated carbocycles. The number of carbonyl (C=O) groups is 2. The van der Waals surface area contributed by atoms with Crippen molar-refractivity contribution in [1.82, 2.24) is 5.32 Å². The average molecular weight is 326 g/mol. The van der Waals surface area contributed by atoms with E-state index in [4.69, 9.17) is 4.74 Å². The fraction of sp³-hybridized carbons (Fsp3) is 0.263. The molecule has 0 saturated heterocycles. The largest absolute Gasteiger partial charge is 0.480 e. The van der Waals surface area contributed by atoms with Gasteiger partial charge in [-0.3, -0.25) is 9.59 Å². The SMILES string of the molecule is CNC(=O)c1cccc(NC(=O)C(C)Oc2c(C)cccc2C)c1. The maximum Gasteiger partial charge on any atom is 0.265 e. The monoisotopic (exact) mass is 326 g/mol. The maximum absolute atomic E-state index is 12.4. The molecule has 126 valence electrons. The van der Waals surface area contributed by atoms with Crippen molar-refractivity contribution in [2.75, 3.05) is 12.4 Å². The van der Waals surface area contributed by atoms with Crippen LogP contribution in [0.4, 0.5) is 5.69 Å². The van der Waals surface area contributed by atoms with Gasteiger partial charge in [-0.15, -0.1) is 0 Å². The van der Waals surface area contributed by atoms with Gasteiger partial charge in [0.25, 0.3) is 11.8 Å². The van der Waals surface area contributed by atoms with Gasteiger partial charge in [0.2, 0.25) is 0 Å². The second-order valence-electron chi connectivity index (χ2n) is 5.63. The Hall–Kier alpha value is -2.82. The zero-order chi connectivity index (χ0) is 17.7. The van der Waals surface area contributed by atoms with Crippen molar-refractivity contribution >= 4 is 17.5 Å². The first-order valence-corrected chi connectivity index (χ1v) is 7.78. The van der Waals surface area contributed by atoms with Crippen LogP contribution in [-0.4, -0.2) is 25.0 Å². The summed E-state index contributed by atoms with van der Waals surface area (Å²) in [6.07, 6.45) is -0.659. The van der Waals surface area contributed by atoms with Crippen LogP contribution in [0.25, 0.3) is 0 Å². The molecule has 0 heterocycles. The average Bonchev–Trinajstić information content (AvgIpc) is 2.57. The van der Waals surface area contributed by atoms with E-state index in [1.54, 1.807) is 38.2 Å². The Bertz CT molecular complexity index is 736. The molecule has 1 unspecified atom stereocenters. The second-order valence-corrected chi connectivity index (χ2v) is 5.63. The van der Waals surface area contributed by atoms with Crippen LogP contribution < -0.4 is 15.4 Å². The standard InChI is InChI=1S/C19H22N2O3/c1-12-7-5-8-13(2)17(12)24-14(3)18(22)21-16-10-6-9-15(11-16)19(23)20-4/h5-11,14H,1-4H3,(H,20,23)(H,21,22). The van der Waals surface area contributed by atoms with E-state index in [-0.39, 0.29) is 11.8 Å². The van der Waals surface area contributed by atoms with Crippen molar-refractivity contribution in [3.05, 3.63) is 59.2 Å². The molecule has 0 aliphatic carbocycles. The van der Waals surface area contributed by atoms with Gasteiger partial charge in [-0.1, -0.05) is 24.3 Å². The number of hydrogen-bond donors (Lipinski definition) is 2. The first-order chi connectivity index (χ1) is 11.4. The normalized spacial score (nSPS) is 11.5. The second kappa shape index (κ2) is 7.64. The molecule has 24 heavy (non-hydrogen) atoms. The van der Waals surface area contributed by atoms with Crippen LogP contribution in [-0.2, 0) is 4.79 Å². The third kappa shape index (κ3) is 4.13. The lowest BCUT2D eigenvalue weighted by atomic mass is 10.1. The molecule has 0 aliphatic heterocycles. The van der Waals surface area contributed by atoms with E-state index in [9.17, 15) is 9.59 Å². The molecule has 0 spiro atoms. The number of aryl methyl sites for hydroxylation is 2. The summed E-state index contributed by atoms with van der Waals surface area (Å²) in [5.74, 6) is 0.247. The first-order valence-electron chi connectivity index (χ1n) is 7.78. The molecule has 2 aromatic rings. The van der Waals surface area contributed by atoms with Crippen molar-refractivity contribution in [1.29, 1.82) is 0 Å². The van der Waals surface area contributed by atoms with Crippen molar-refractivity contribution < 1.29 is 14.3 Å². The van der Waals surface area contributed by atoms with E-state index in [1.165, 1.54) is 0 Å². The molecule has 5 nitrogen and oxygen atoms in total. The number of nitrogens with one attached hydrogen (secondary N) is 2. The molecular formula is C19H22N2O3. The molecule has 0 aromatic heterocycles. The summed E-state index contributed by atoms with van der Waals surface area (Å²) < 4.78 is 5.82. The number of hydrogen-bond acceptors (Lipinski definition) is 3. The molecule has 0 radical (unpaired) electrons. The lowest BCUT2D eigenvalue weighted by Crippen LogP contribution is -2.30. The predicted octanol–water partition coefficient (Wildman–Crippen LogP) is 3.07. The van der Waals surface area contributed by atoms with Crippen LogP contribution in [0.3, 0.4) is 0 Å². The van der Waals surface area contributed by atoms with E-state index < -0.39 is 6.10 Å². The first kappa shape index (κ1) is 17.5. The molecule has 0 aliphatic rings. The van der Waals surface area contributed by atoms with Crippen LogP contribution >= 0.6 is 0 Å². The van der Waals surface area contributed by atoms with Crippen LogP contribution in [0.5, 0.6) is 5.75 Å². The summed E-state index contributed by atoms with van der Waals surface area (Å²) in [4.78, 5) is 24.0. The Morgan fingerprint density at radius 1 is 1.04 bits per heavy atom. The summed E-state index contributed by atoms with van der Waals surface area (Å²) in [5.41, 5.74) is 3.00. The van der Waals surface area contributed by atoms with Crippen LogP contribution in [0.1, 0.15) is 28.4 Å². The van der Waals surface area contributed by atoms with Gasteiger partial charge in [0.1, 0.15) is 5.75 Å². The Balaban J connectivity index is 2.08. The molecule has 0 bridgehead atoms. The van der Waals surface area contributed by atoms with Crippen LogP contribution in [0, 0.1) is 13.8 Å². The van der Waals surface area contributed by atoms with Gasteiger partial charge in [-0.2, -0.15) is 0 Å². The minimum Gasteiger partial charge on any atom is -0.480 e. The molecule has 2 rings (SSSR count). The van der Waals surface area contributed by atoms with Gasteiger partial charge in [0.15, 0.2) is 6.10 Å². The number of benzene rings is 2. The third-order valence-electron chi connectivity index (χ3n) is 3.69. The van der Waals surface area contributed by atoms with E-state index in [1.807, 2.05) is 32.0 Å². The number of para-hydroxylation sites is 1. The minimum absolute atomic E-state index is 0.203. The summed E-state index contributed by atoms with van der Waals surface area (Å²) >= 11 is 0. The number of rotatable bonds is 5. The quantitative estimate of drug-likeness (QED) is 0.887. The number of ether oxygens (including phenoxy) is 1. The molecule has 0 fully saturated rings. The van der Waals surface area contributed by atoms with Crippen molar-refractivity contribution in [2.24, 2.45) is 0 Å². The van der Waals surface area contributed by atoms with Crippen molar-refractivity contribution in [3.63, 3.8) is 0 Å². The molecule has 5 heteroatoms. The van der Waals surface area contributed by atoms with Gasteiger partial charge in [-0.05, 0) is 50.1 Å². The van der Waals surface area contributed by atoms with Crippen molar-refractivity contribution in [3.8, 4) is 5.75 Å². The molecule has 2 N–H and O–H groups in total. The number of amides is 2. The zero-order valence-electron chi connectivity index (χ0n) is 14.3. The fourth-order valence-electron chi connectivity index (χ4n) is 2.34. The van der Waals surface area contributed by atoms with Gasteiger partial charge < -0.3 is 15.4 Å². The molecule has 2 aromatic carbocycles. The minimum atomic E-state index is -0.659. The lowest BCUT2D eigenvalue weighted by molar-refractivity contribution is -0.122. The Morgan fingerprint density at radius 2 is 1.67 bits per heavy atom. The summed E-state index contributed by atoms with van der Waals surface area (Å²) in [7, 11) is 1.56. The number of anilines is 1. The maximum atomic E-state index is 12.4. The number of carbonyl (C=O) groups excluding carboxylic acids is 2. The third-order valence-corrected chi connectivity index (χ3v) is 3.69. The summed E-state index contributed by atoms with van der Waals surface area (Å²) in [5, 5.41) is 5.33. The van der Waals surface area contributed by atoms with Gasteiger partial charge >= 0.3 is 0 Å². The molecule has 1 atom stereocenters. The molecular weight excluding hydrogens is 304 g/mol. The van der Waals surface area contributed by atoms with Crippen LogP contribution in [0.15, 0.2) is 42.5 Å². The Kier molecular flexibility index (Phi) is 5.58. The zero-order valence-corrected chi connectivity index (χ0v) is 14.3. The van der Waals surface area contributed by atoms with E-state index in [2.05, 4.69) is 10.6 Å². The highest BCUT2D eigenvalue weighted by molar-refractivity contribution is 5.98. The van der Waals surface area contributed by atoms with Crippen molar-refractivity contribution in [2.45, 2.75) is 26.9 Å². The van der Waals surface area contributed by atoms with Gasteiger partial charge in [0, 0.05) is 18.3 Å². The highest BCUT2D eigenvalue weighted by Gasteiger charge is 2.17. The topological polar surface area (TPSA) is 67.4 Å². The predicted molar refractivity (Wildman–Crippen MR) is 94.5 cm³/mol. The highest BCUT2D eigenvalue weighted by Crippen LogP contribution is 2.24. The van der Waals surface area contributed by atoms with Gasteiger partial charge in [-0.25, -0.2) is 0 Å². The fourth-order valence-corrected chi connectivity index (χ4v) is 2.34. The lowest BCUT2D eigenvalue weighted by Gasteiger charge is -2.18. The van der Waals surface area contributed by atoms with E-state index in [0.29, 0.717) is 11.3 Å². The summed E-state index contributed by atoms with van der Waals surface area (Å²) in [6, 6.07) is 12.6. The van der Waals surface area contributed by atoms with Crippen LogP contribution in [0.2, 0.25) is 0 Å². The van der Waals surface area contributed by atoms with Gasteiger partial charge in [0.05, 0.1) is 0 Å². The van der Waals surface area contributed by atoms with E-state index >= 15 is 0 Å².